The first kappa shape index (κ1) is 13.3. The van der Waals surface area contributed by atoms with Crippen molar-refractivity contribution in [2.75, 3.05) is 6.54 Å². The van der Waals surface area contributed by atoms with Gasteiger partial charge >= 0.3 is 5.97 Å². The number of hydrogen-bond acceptors (Lipinski definition) is 2. The van der Waals surface area contributed by atoms with E-state index < -0.39 is 12.0 Å². The zero-order valence-corrected chi connectivity index (χ0v) is 10.8. The number of carboxylic acid groups (broad SMARTS) is 1. The molecule has 5 heteroatoms. The zero-order chi connectivity index (χ0) is 13.3. The molecule has 1 heterocycles. The minimum atomic E-state index is -0.826. The largest absolute Gasteiger partial charge is 0.480 e. The number of hydrogen-bond donors (Lipinski definition) is 1. The van der Waals surface area contributed by atoms with Crippen LogP contribution < -0.4 is 0 Å². The van der Waals surface area contributed by atoms with Crippen LogP contribution in [0.2, 0.25) is 5.02 Å². The first-order valence-electron chi connectivity index (χ1n) is 5.90. The number of nitrogens with zero attached hydrogens (tertiary/aromatic N) is 1. The molecule has 3 nitrogen and oxygen atoms in total. The second-order valence-corrected chi connectivity index (χ2v) is 5.16. The van der Waals surface area contributed by atoms with Crippen LogP contribution in [-0.2, 0) is 11.3 Å². The number of carbonyl (C=O) groups is 1. The van der Waals surface area contributed by atoms with E-state index in [0.717, 1.165) is 6.42 Å². The molecule has 1 saturated heterocycles. The molecule has 0 bridgehead atoms. The van der Waals surface area contributed by atoms with Crippen molar-refractivity contribution in [1.29, 1.82) is 0 Å². The Morgan fingerprint density at radius 2 is 2.33 bits per heavy atom. The normalized spacial score (nSPS) is 24.4. The molecular formula is C13H15ClFNO2. The summed E-state index contributed by atoms with van der Waals surface area (Å²) in [6.07, 6.45) is 0.837. The predicted octanol–water partition coefficient (Wildman–Crippen LogP) is 2.77. The molecule has 1 aliphatic rings. The van der Waals surface area contributed by atoms with E-state index in [4.69, 9.17) is 11.6 Å². The lowest BCUT2D eigenvalue weighted by molar-refractivity contribution is -0.143. The van der Waals surface area contributed by atoms with Crippen molar-refractivity contribution in [3.63, 3.8) is 0 Å². The molecule has 0 aromatic heterocycles. The Hall–Kier alpha value is -1.13. The van der Waals surface area contributed by atoms with E-state index in [1.54, 1.807) is 0 Å². The maximum Gasteiger partial charge on any atom is 0.321 e. The van der Waals surface area contributed by atoms with Crippen LogP contribution >= 0.6 is 11.6 Å². The van der Waals surface area contributed by atoms with Crippen LogP contribution in [0.1, 0.15) is 18.9 Å². The lowest BCUT2D eigenvalue weighted by Crippen LogP contribution is -2.38. The summed E-state index contributed by atoms with van der Waals surface area (Å²) in [7, 11) is 0. The van der Waals surface area contributed by atoms with Gasteiger partial charge in [-0.3, -0.25) is 9.69 Å². The number of halogens is 2. The van der Waals surface area contributed by atoms with Gasteiger partial charge in [0.1, 0.15) is 11.9 Å². The van der Waals surface area contributed by atoms with Crippen molar-refractivity contribution in [2.24, 2.45) is 5.92 Å². The third-order valence-corrected chi connectivity index (χ3v) is 3.81. The van der Waals surface area contributed by atoms with Crippen molar-refractivity contribution in [3.8, 4) is 0 Å². The van der Waals surface area contributed by atoms with E-state index in [2.05, 4.69) is 0 Å². The van der Waals surface area contributed by atoms with E-state index in [1.165, 1.54) is 18.2 Å². The van der Waals surface area contributed by atoms with Gasteiger partial charge in [0.15, 0.2) is 0 Å². The first-order chi connectivity index (χ1) is 8.49. The van der Waals surface area contributed by atoms with Crippen LogP contribution in [0, 0.1) is 11.7 Å². The molecule has 0 spiro atoms. The van der Waals surface area contributed by atoms with Gasteiger partial charge in [-0.25, -0.2) is 4.39 Å². The van der Waals surface area contributed by atoms with Gasteiger partial charge in [0.2, 0.25) is 0 Å². The highest BCUT2D eigenvalue weighted by Gasteiger charge is 2.36. The Labute approximate surface area is 110 Å². The molecule has 1 N–H and O–H groups in total. The van der Waals surface area contributed by atoms with E-state index in [0.29, 0.717) is 23.7 Å². The minimum Gasteiger partial charge on any atom is -0.480 e. The fraction of sp³-hybridized carbons (Fsp3) is 0.462. The highest BCUT2D eigenvalue weighted by atomic mass is 35.5. The number of aliphatic carboxylic acids is 1. The van der Waals surface area contributed by atoms with Crippen LogP contribution in [0.4, 0.5) is 4.39 Å². The lowest BCUT2D eigenvalue weighted by atomic mass is 10.0. The van der Waals surface area contributed by atoms with Gasteiger partial charge in [0, 0.05) is 11.6 Å². The van der Waals surface area contributed by atoms with E-state index >= 15 is 0 Å². The molecule has 1 fully saturated rings. The van der Waals surface area contributed by atoms with Crippen molar-refractivity contribution in [1.82, 2.24) is 4.90 Å². The fourth-order valence-corrected chi connectivity index (χ4v) is 2.66. The minimum absolute atomic E-state index is 0.106. The molecule has 18 heavy (non-hydrogen) atoms. The van der Waals surface area contributed by atoms with E-state index in [9.17, 15) is 14.3 Å². The van der Waals surface area contributed by atoms with Crippen LogP contribution in [0.5, 0.6) is 0 Å². The average Bonchev–Trinajstić information content (AvgIpc) is 2.65. The molecule has 0 radical (unpaired) electrons. The van der Waals surface area contributed by atoms with Gasteiger partial charge in [-0.05, 0) is 42.6 Å². The number of carboxylic acids is 1. The molecule has 2 unspecified atom stereocenters. The van der Waals surface area contributed by atoms with Crippen LogP contribution in [-0.4, -0.2) is 28.6 Å². The van der Waals surface area contributed by atoms with Crippen LogP contribution in [0.3, 0.4) is 0 Å². The molecule has 2 atom stereocenters. The second-order valence-electron chi connectivity index (χ2n) is 4.76. The highest BCUT2D eigenvalue weighted by molar-refractivity contribution is 6.31. The van der Waals surface area contributed by atoms with Crippen molar-refractivity contribution in [3.05, 3.63) is 34.6 Å². The third-order valence-electron chi connectivity index (χ3n) is 3.44. The van der Waals surface area contributed by atoms with Gasteiger partial charge in [0.25, 0.3) is 0 Å². The lowest BCUT2D eigenvalue weighted by Gasteiger charge is -2.23. The monoisotopic (exact) mass is 271 g/mol. The smallest absolute Gasteiger partial charge is 0.321 e. The average molecular weight is 272 g/mol. The molecule has 0 saturated carbocycles. The van der Waals surface area contributed by atoms with Crippen LogP contribution in [0.25, 0.3) is 0 Å². The van der Waals surface area contributed by atoms with Crippen LogP contribution in [0.15, 0.2) is 18.2 Å². The van der Waals surface area contributed by atoms with E-state index in [1.807, 2.05) is 11.8 Å². The zero-order valence-electron chi connectivity index (χ0n) is 10.1. The van der Waals surface area contributed by atoms with Gasteiger partial charge in [-0.15, -0.1) is 0 Å². The topological polar surface area (TPSA) is 40.5 Å². The summed E-state index contributed by atoms with van der Waals surface area (Å²) < 4.78 is 13.2. The number of benzene rings is 1. The van der Waals surface area contributed by atoms with Gasteiger partial charge in [-0.1, -0.05) is 18.5 Å². The molecule has 0 amide bonds. The second kappa shape index (κ2) is 5.24. The standard InChI is InChI=1S/C13H15ClFNO2/c1-8-4-5-16(12(8)13(17)18)7-9-6-10(15)2-3-11(9)14/h2-3,6,8,12H,4-5,7H2,1H3,(H,17,18). The Kier molecular flexibility index (Phi) is 3.88. The van der Waals surface area contributed by atoms with Gasteiger partial charge in [-0.2, -0.15) is 0 Å². The summed E-state index contributed by atoms with van der Waals surface area (Å²) >= 11 is 6.00. The first-order valence-corrected chi connectivity index (χ1v) is 6.27. The van der Waals surface area contributed by atoms with Crippen molar-refractivity contribution >= 4 is 17.6 Å². The molecule has 1 aromatic carbocycles. The highest BCUT2D eigenvalue weighted by Crippen LogP contribution is 2.28. The number of rotatable bonds is 3. The molecule has 1 aromatic rings. The van der Waals surface area contributed by atoms with Gasteiger partial charge in [0.05, 0.1) is 0 Å². The number of likely N-dealkylation sites (tertiary alicyclic amines) is 1. The Morgan fingerprint density at radius 1 is 1.61 bits per heavy atom. The summed E-state index contributed by atoms with van der Waals surface area (Å²) in [6, 6.07) is 3.66. The molecular weight excluding hydrogens is 257 g/mol. The van der Waals surface area contributed by atoms with Crippen molar-refractivity contribution < 1.29 is 14.3 Å². The Balaban J connectivity index is 2.18. The Morgan fingerprint density at radius 3 is 3.00 bits per heavy atom. The summed E-state index contributed by atoms with van der Waals surface area (Å²) in [5.41, 5.74) is 0.636. The van der Waals surface area contributed by atoms with Crippen molar-refractivity contribution in [2.45, 2.75) is 25.9 Å². The summed E-state index contributed by atoms with van der Waals surface area (Å²) in [5.74, 6) is -1.07. The predicted molar refractivity (Wildman–Crippen MR) is 67.0 cm³/mol. The maximum absolute atomic E-state index is 13.2. The molecule has 2 rings (SSSR count). The molecule has 98 valence electrons. The quantitative estimate of drug-likeness (QED) is 0.919. The maximum atomic E-state index is 13.2. The third kappa shape index (κ3) is 2.65. The summed E-state index contributed by atoms with van der Waals surface area (Å²) in [6.45, 7) is 2.99. The molecule has 1 aliphatic heterocycles. The summed E-state index contributed by atoms with van der Waals surface area (Å²) in [4.78, 5) is 13.1. The van der Waals surface area contributed by atoms with Gasteiger partial charge < -0.3 is 5.11 Å². The summed E-state index contributed by atoms with van der Waals surface area (Å²) in [5, 5.41) is 9.68. The van der Waals surface area contributed by atoms with E-state index in [-0.39, 0.29) is 11.7 Å². The fourth-order valence-electron chi connectivity index (χ4n) is 2.49. The Bertz CT molecular complexity index is 466. The SMILES string of the molecule is CC1CCN(Cc2cc(F)ccc2Cl)C1C(=O)O. The molecule has 0 aliphatic carbocycles.